The van der Waals surface area contributed by atoms with Gasteiger partial charge in [0.15, 0.2) is 0 Å². The molecule has 0 aromatic carbocycles. The van der Waals surface area contributed by atoms with Gasteiger partial charge in [0.1, 0.15) is 0 Å². The largest absolute Gasteiger partial charge is 0.378 e. The van der Waals surface area contributed by atoms with E-state index in [0.717, 1.165) is 13.0 Å². The number of unbranched alkanes of at least 4 members (excludes halogenated alkanes) is 2. The lowest BCUT2D eigenvalue weighted by atomic mass is 10.1. The number of ether oxygens (including phenoxy) is 1. The van der Waals surface area contributed by atoms with Crippen molar-refractivity contribution in [1.82, 2.24) is 0 Å². The molecule has 0 bridgehead atoms. The van der Waals surface area contributed by atoms with Crippen LogP contribution in [0.1, 0.15) is 46.5 Å². The summed E-state index contributed by atoms with van der Waals surface area (Å²) in [7, 11) is 0. The van der Waals surface area contributed by atoms with Crippen LogP contribution in [0.3, 0.4) is 0 Å². The van der Waals surface area contributed by atoms with Crippen LogP contribution in [0.25, 0.3) is 0 Å². The average molecular weight is 171 g/mol. The molecule has 1 radical (unpaired) electrons. The fourth-order valence-electron chi connectivity index (χ4n) is 1.20. The molecule has 0 aliphatic carbocycles. The Labute approximate surface area is 77.5 Å². The second-order valence-corrected chi connectivity index (χ2v) is 3.65. The summed E-state index contributed by atoms with van der Waals surface area (Å²) >= 11 is 0. The highest BCUT2D eigenvalue weighted by atomic mass is 16.5. The topological polar surface area (TPSA) is 9.23 Å². The van der Waals surface area contributed by atoms with Crippen molar-refractivity contribution < 1.29 is 4.74 Å². The third-order valence-electron chi connectivity index (χ3n) is 2.11. The Bertz CT molecular complexity index is 89.0. The fraction of sp³-hybridized carbons (Fsp3) is 0.909. The zero-order valence-electron chi connectivity index (χ0n) is 8.81. The average Bonchev–Trinajstić information content (AvgIpc) is 2.04. The van der Waals surface area contributed by atoms with Crippen molar-refractivity contribution in [3.05, 3.63) is 6.92 Å². The minimum Gasteiger partial charge on any atom is -0.378 e. The lowest BCUT2D eigenvalue weighted by Crippen LogP contribution is -2.19. The molecule has 0 aromatic heterocycles. The molecule has 0 saturated carbocycles. The highest BCUT2D eigenvalue weighted by Crippen LogP contribution is 2.10. The first-order chi connectivity index (χ1) is 5.72. The first-order valence-corrected chi connectivity index (χ1v) is 5.13. The molecule has 0 fully saturated rings. The van der Waals surface area contributed by atoms with E-state index in [9.17, 15) is 0 Å². The molecule has 0 N–H and O–H groups in total. The van der Waals surface area contributed by atoms with Gasteiger partial charge >= 0.3 is 0 Å². The van der Waals surface area contributed by atoms with E-state index in [-0.39, 0.29) is 0 Å². The molecule has 0 aliphatic rings. The lowest BCUT2D eigenvalue weighted by Gasteiger charge is -2.19. The zero-order chi connectivity index (χ0) is 9.40. The van der Waals surface area contributed by atoms with E-state index in [0.29, 0.717) is 12.0 Å². The monoisotopic (exact) mass is 171 g/mol. The van der Waals surface area contributed by atoms with E-state index in [4.69, 9.17) is 4.74 Å². The van der Waals surface area contributed by atoms with E-state index in [1.165, 1.54) is 19.3 Å². The number of rotatable bonds is 7. The Morgan fingerprint density at radius 3 is 2.33 bits per heavy atom. The van der Waals surface area contributed by atoms with Crippen molar-refractivity contribution in [3.63, 3.8) is 0 Å². The molecule has 0 aliphatic heterocycles. The van der Waals surface area contributed by atoms with Crippen LogP contribution >= 0.6 is 0 Å². The third-order valence-corrected chi connectivity index (χ3v) is 2.11. The van der Waals surface area contributed by atoms with Crippen LogP contribution in [0.5, 0.6) is 0 Å². The van der Waals surface area contributed by atoms with Crippen LogP contribution < -0.4 is 0 Å². The predicted molar refractivity (Wildman–Crippen MR) is 54.1 cm³/mol. The number of hydrogen-bond donors (Lipinski definition) is 0. The van der Waals surface area contributed by atoms with Gasteiger partial charge in [-0.15, -0.1) is 0 Å². The van der Waals surface area contributed by atoms with E-state index in [1.54, 1.807) is 0 Å². The van der Waals surface area contributed by atoms with Crippen molar-refractivity contribution in [2.24, 2.45) is 5.92 Å². The Morgan fingerprint density at radius 2 is 1.92 bits per heavy atom. The van der Waals surface area contributed by atoms with Gasteiger partial charge < -0.3 is 4.74 Å². The minimum atomic E-state index is 0.363. The van der Waals surface area contributed by atoms with Gasteiger partial charge in [-0.3, -0.25) is 0 Å². The van der Waals surface area contributed by atoms with Gasteiger partial charge in [-0.25, -0.2) is 0 Å². The summed E-state index contributed by atoms with van der Waals surface area (Å²) in [5, 5.41) is 0. The van der Waals surface area contributed by atoms with Gasteiger partial charge in [0.05, 0.1) is 6.10 Å². The van der Waals surface area contributed by atoms with E-state index in [2.05, 4.69) is 27.7 Å². The fourth-order valence-corrected chi connectivity index (χ4v) is 1.20. The molecule has 0 amide bonds. The van der Waals surface area contributed by atoms with Gasteiger partial charge in [-0.05, 0) is 18.8 Å². The molecule has 12 heavy (non-hydrogen) atoms. The molecule has 0 rings (SSSR count). The van der Waals surface area contributed by atoms with Crippen LogP contribution in [-0.2, 0) is 4.74 Å². The van der Waals surface area contributed by atoms with Gasteiger partial charge in [0.25, 0.3) is 0 Å². The lowest BCUT2D eigenvalue weighted by molar-refractivity contribution is 0.0221. The summed E-state index contributed by atoms with van der Waals surface area (Å²) in [6.45, 7) is 11.4. The summed E-state index contributed by atoms with van der Waals surface area (Å²) in [6, 6.07) is 0. The SMILES string of the molecule is [CH2]CC(OCCCCC)C(C)C. The standard InChI is InChI=1S/C11H23O/c1-5-7-8-9-12-11(6-2)10(3)4/h10-11H,2,5-9H2,1,3-4H3. The molecule has 73 valence electrons. The molecule has 0 spiro atoms. The van der Waals surface area contributed by atoms with E-state index >= 15 is 0 Å². The van der Waals surface area contributed by atoms with Crippen LogP contribution in [0.2, 0.25) is 0 Å². The van der Waals surface area contributed by atoms with Gasteiger partial charge in [0, 0.05) is 6.61 Å². The Kier molecular flexibility index (Phi) is 7.58. The van der Waals surface area contributed by atoms with E-state index < -0.39 is 0 Å². The van der Waals surface area contributed by atoms with Gasteiger partial charge in [0.2, 0.25) is 0 Å². The smallest absolute Gasteiger partial charge is 0.0598 e. The second kappa shape index (κ2) is 7.60. The maximum absolute atomic E-state index is 5.69. The quantitative estimate of drug-likeness (QED) is 0.533. The van der Waals surface area contributed by atoms with Crippen molar-refractivity contribution in [1.29, 1.82) is 0 Å². The van der Waals surface area contributed by atoms with Crippen LogP contribution in [-0.4, -0.2) is 12.7 Å². The Balaban J connectivity index is 3.32. The van der Waals surface area contributed by atoms with Crippen molar-refractivity contribution in [2.75, 3.05) is 6.61 Å². The highest BCUT2D eigenvalue weighted by Gasteiger charge is 2.10. The van der Waals surface area contributed by atoms with Gasteiger partial charge in [-0.2, -0.15) is 0 Å². The normalized spacial score (nSPS) is 13.8. The van der Waals surface area contributed by atoms with Crippen LogP contribution in [0.15, 0.2) is 0 Å². The summed E-state index contributed by atoms with van der Waals surface area (Å²) in [5.74, 6) is 0.601. The molecular weight excluding hydrogens is 148 g/mol. The summed E-state index contributed by atoms with van der Waals surface area (Å²) in [5.41, 5.74) is 0. The Morgan fingerprint density at radius 1 is 1.25 bits per heavy atom. The third kappa shape index (κ3) is 5.59. The zero-order valence-corrected chi connectivity index (χ0v) is 8.81. The summed E-state index contributed by atoms with van der Waals surface area (Å²) in [4.78, 5) is 0. The molecule has 0 heterocycles. The molecular formula is C11H23O. The molecule has 1 nitrogen and oxygen atoms in total. The summed E-state index contributed by atoms with van der Waals surface area (Å²) < 4.78 is 5.69. The van der Waals surface area contributed by atoms with Crippen LogP contribution in [0, 0.1) is 12.8 Å². The Hall–Kier alpha value is -0.0400. The predicted octanol–water partition coefficient (Wildman–Crippen LogP) is 3.44. The molecule has 1 unspecified atom stereocenters. The first kappa shape index (κ1) is 12.0. The van der Waals surface area contributed by atoms with Crippen LogP contribution in [0.4, 0.5) is 0 Å². The van der Waals surface area contributed by atoms with Gasteiger partial charge in [-0.1, -0.05) is 40.5 Å². The molecule has 1 atom stereocenters. The van der Waals surface area contributed by atoms with Crippen molar-refractivity contribution in [2.45, 2.75) is 52.6 Å². The maximum atomic E-state index is 5.69. The highest BCUT2D eigenvalue weighted by molar-refractivity contribution is 4.63. The number of hydrogen-bond acceptors (Lipinski definition) is 1. The van der Waals surface area contributed by atoms with Crippen molar-refractivity contribution in [3.8, 4) is 0 Å². The molecule has 0 aromatic rings. The molecule has 1 heteroatoms. The maximum Gasteiger partial charge on any atom is 0.0598 e. The van der Waals surface area contributed by atoms with E-state index in [1.807, 2.05) is 0 Å². The minimum absolute atomic E-state index is 0.363. The summed E-state index contributed by atoms with van der Waals surface area (Å²) in [6.07, 6.45) is 4.99. The van der Waals surface area contributed by atoms with Crippen molar-refractivity contribution >= 4 is 0 Å². The second-order valence-electron chi connectivity index (χ2n) is 3.65. The first-order valence-electron chi connectivity index (χ1n) is 5.13. The molecule has 0 saturated heterocycles.